The van der Waals surface area contributed by atoms with Crippen LogP contribution in [0.4, 0.5) is 21.0 Å². The minimum atomic E-state index is -1.42. The van der Waals surface area contributed by atoms with Crippen LogP contribution in [0.2, 0.25) is 0 Å². The fourth-order valence-corrected chi connectivity index (χ4v) is 13.8. The summed E-state index contributed by atoms with van der Waals surface area (Å²) < 4.78 is 11.2. The zero-order valence-electron chi connectivity index (χ0n) is 42.1. The Labute approximate surface area is 416 Å². The van der Waals surface area contributed by atoms with Crippen molar-refractivity contribution in [2.75, 3.05) is 17.2 Å². The number of carboxylic acids is 1. The maximum absolute atomic E-state index is 14.9. The Kier molecular flexibility index (Phi) is 13.0. The Morgan fingerprint density at radius 3 is 1.65 bits per heavy atom. The summed E-state index contributed by atoms with van der Waals surface area (Å²) in [5, 5.41) is 21.1. The van der Waals surface area contributed by atoms with Gasteiger partial charge in [0.25, 0.3) is 0 Å². The number of imide groups is 1. The van der Waals surface area contributed by atoms with Gasteiger partial charge in [0.15, 0.2) is 0 Å². The monoisotopic (exact) mass is 964 g/mol. The topological polar surface area (TPSA) is 189 Å². The second-order valence-corrected chi connectivity index (χ2v) is 22.8. The van der Waals surface area contributed by atoms with E-state index < -0.39 is 58.4 Å². The molecule has 9 rings (SSSR count). The van der Waals surface area contributed by atoms with E-state index in [1.807, 2.05) is 107 Å². The summed E-state index contributed by atoms with van der Waals surface area (Å²) in [6.07, 6.45) is 5.47. The summed E-state index contributed by atoms with van der Waals surface area (Å²) in [6.45, 7) is 13.9. The fourth-order valence-electron chi connectivity index (χ4n) is 13.8. The standard InChI is InChI=1S/C58H68N4O9/c1-54(2,3)71-53(69)60-37-23-19-35-21-25-47-56(5,44(35)31-37)27-13-29-58(47,7)51(67)62-50(66)57(6)28-12-26-55(4)43-30-36(22-18-34(43)20-24-46(55)57)59-49(65)45(32-48(63)64)61-52(68)70-33-42-40-16-10-8-14-38(40)39-15-9-11-17-41(39)42/h8-11,14-19,22-23,30-31,42,45-47H,12-13,20-21,24-29,32-33H2,1-7H3,(H,59,65)(H,60,69)(H,61,68)(H,63,64)(H,62,66,67)/t45?,46-,47-,55-,56-,57+,58+/m1/s1. The molecule has 0 spiro atoms. The number of ether oxygens (including phenoxy) is 2. The highest BCUT2D eigenvalue weighted by atomic mass is 16.6. The van der Waals surface area contributed by atoms with Gasteiger partial charge in [-0.1, -0.05) is 101 Å². The van der Waals surface area contributed by atoms with E-state index in [0.29, 0.717) is 30.6 Å². The zero-order chi connectivity index (χ0) is 50.7. The molecule has 5 amide bonds. The first-order chi connectivity index (χ1) is 33.6. The van der Waals surface area contributed by atoms with Crippen molar-refractivity contribution in [2.24, 2.45) is 22.7 Å². The van der Waals surface area contributed by atoms with Crippen molar-refractivity contribution in [3.8, 4) is 11.1 Å². The minimum Gasteiger partial charge on any atom is -0.481 e. The molecule has 0 aromatic heterocycles. The number of aliphatic carboxylic acids is 1. The lowest BCUT2D eigenvalue weighted by molar-refractivity contribution is -0.150. The van der Waals surface area contributed by atoms with E-state index in [4.69, 9.17) is 9.47 Å². The van der Waals surface area contributed by atoms with Crippen molar-refractivity contribution in [1.82, 2.24) is 10.6 Å². The number of hydrogen-bond donors (Lipinski definition) is 5. The van der Waals surface area contributed by atoms with Gasteiger partial charge >= 0.3 is 18.2 Å². The molecule has 0 radical (unpaired) electrons. The number of rotatable bonds is 10. The van der Waals surface area contributed by atoms with Gasteiger partial charge in [-0.2, -0.15) is 0 Å². The summed E-state index contributed by atoms with van der Waals surface area (Å²) in [4.78, 5) is 81.6. The van der Waals surface area contributed by atoms with Gasteiger partial charge in [-0.3, -0.25) is 29.8 Å². The molecule has 2 fully saturated rings. The lowest BCUT2D eigenvalue weighted by atomic mass is 9.49. The van der Waals surface area contributed by atoms with Crippen LogP contribution in [0, 0.1) is 22.7 Å². The smallest absolute Gasteiger partial charge is 0.412 e. The second-order valence-electron chi connectivity index (χ2n) is 22.8. The zero-order valence-corrected chi connectivity index (χ0v) is 42.1. The molecular weight excluding hydrogens is 897 g/mol. The summed E-state index contributed by atoms with van der Waals surface area (Å²) in [5.74, 6) is -2.82. The number of hydrogen-bond acceptors (Lipinski definition) is 8. The number of anilines is 2. The summed E-state index contributed by atoms with van der Waals surface area (Å²) in [5.41, 5.74) is 6.57. The number of aryl methyl sites for hydroxylation is 2. The molecule has 4 aromatic carbocycles. The number of carbonyl (C=O) groups is 6. The van der Waals surface area contributed by atoms with E-state index in [9.17, 15) is 33.9 Å². The normalized spacial score (nSPS) is 26.6. The molecule has 1 unspecified atom stereocenters. The number of carboxylic acid groups (broad SMARTS) is 1. The SMILES string of the molecule is CC(C)(C)OC(=O)Nc1ccc2c(c1)[C@@]1(C)CCC[C@](C)(C(=O)NC(=O)[C@@]3(C)CCC[C@]4(C)c5cc(NC(=O)C(CC(=O)O)NC(=O)OCC6c7ccccc7-c7ccccc76)ccc5CC[C@@H]34)[C@@H]1CC2. The molecule has 13 nitrogen and oxygen atoms in total. The van der Waals surface area contributed by atoms with Crippen molar-refractivity contribution in [2.45, 2.75) is 147 Å². The van der Waals surface area contributed by atoms with Crippen LogP contribution >= 0.6 is 0 Å². The number of nitrogens with one attached hydrogen (secondary N) is 4. The third-order valence-electron chi connectivity index (χ3n) is 17.2. The molecular formula is C58H68N4O9. The molecule has 13 heteroatoms. The third kappa shape index (κ3) is 9.21. The molecule has 7 atom stereocenters. The molecule has 71 heavy (non-hydrogen) atoms. The number of fused-ring (bicyclic) bond motifs is 9. The number of amides is 5. The molecule has 0 bridgehead atoms. The quantitative estimate of drug-likeness (QED) is 0.0963. The molecule has 5 aliphatic rings. The highest BCUT2D eigenvalue weighted by Gasteiger charge is 2.58. The largest absolute Gasteiger partial charge is 0.481 e. The van der Waals surface area contributed by atoms with E-state index in [2.05, 4.69) is 41.2 Å². The van der Waals surface area contributed by atoms with E-state index in [1.54, 1.807) is 6.07 Å². The van der Waals surface area contributed by atoms with Crippen LogP contribution in [0.1, 0.15) is 146 Å². The van der Waals surface area contributed by atoms with Gasteiger partial charge in [-0.15, -0.1) is 0 Å². The fraction of sp³-hybridized carbons (Fsp3) is 0.483. The highest BCUT2D eigenvalue weighted by molar-refractivity contribution is 6.01. The van der Waals surface area contributed by atoms with Gasteiger partial charge in [0.1, 0.15) is 18.2 Å². The predicted molar refractivity (Wildman–Crippen MR) is 271 cm³/mol. The number of alkyl carbamates (subject to hydrolysis) is 1. The van der Waals surface area contributed by atoms with Crippen molar-refractivity contribution >= 4 is 47.3 Å². The Morgan fingerprint density at radius 1 is 0.662 bits per heavy atom. The van der Waals surface area contributed by atoms with Crippen molar-refractivity contribution in [3.05, 3.63) is 118 Å². The van der Waals surface area contributed by atoms with Crippen LogP contribution in [-0.2, 0) is 52.3 Å². The lowest BCUT2D eigenvalue weighted by Gasteiger charge is -2.56. The predicted octanol–water partition coefficient (Wildman–Crippen LogP) is 10.7. The van der Waals surface area contributed by atoms with Crippen LogP contribution in [0.25, 0.3) is 11.1 Å². The van der Waals surface area contributed by atoms with Crippen molar-refractivity contribution in [3.63, 3.8) is 0 Å². The number of carbonyl (C=O) groups excluding carboxylic acids is 5. The van der Waals surface area contributed by atoms with Crippen LogP contribution in [0.15, 0.2) is 84.9 Å². The summed E-state index contributed by atoms with van der Waals surface area (Å²) in [7, 11) is 0. The maximum Gasteiger partial charge on any atom is 0.412 e. The summed E-state index contributed by atoms with van der Waals surface area (Å²) >= 11 is 0. The maximum atomic E-state index is 14.9. The van der Waals surface area contributed by atoms with Gasteiger partial charge in [0.2, 0.25) is 17.7 Å². The summed E-state index contributed by atoms with van der Waals surface area (Å²) in [6, 6.07) is 26.2. The average molecular weight is 965 g/mol. The molecule has 374 valence electrons. The molecule has 0 aliphatic heterocycles. The van der Waals surface area contributed by atoms with Gasteiger partial charge < -0.3 is 25.2 Å². The van der Waals surface area contributed by atoms with Crippen LogP contribution in [-0.4, -0.2) is 59.2 Å². The Morgan fingerprint density at radius 2 is 1.15 bits per heavy atom. The molecule has 5 N–H and O–H groups in total. The van der Waals surface area contributed by atoms with E-state index in [-0.39, 0.29) is 41.6 Å². The van der Waals surface area contributed by atoms with E-state index in [1.165, 1.54) is 5.56 Å². The molecule has 2 saturated carbocycles. The van der Waals surface area contributed by atoms with Gasteiger partial charge in [0.05, 0.1) is 17.3 Å². The lowest BCUT2D eigenvalue weighted by Crippen LogP contribution is -2.60. The van der Waals surface area contributed by atoms with E-state index in [0.717, 1.165) is 83.9 Å². The van der Waals surface area contributed by atoms with Crippen molar-refractivity contribution in [1.29, 1.82) is 0 Å². The molecule has 4 aromatic rings. The Balaban J connectivity index is 0.878. The molecule has 0 heterocycles. The van der Waals surface area contributed by atoms with Crippen LogP contribution in [0.3, 0.4) is 0 Å². The van der Waals surface area contributed by atoms with Gasteiger partial charge in [-0.05, 0) is 164 Å². The molecule has 0 saturated heterocycles. The van der Waals surface area contributed by atoms with Crippen LogP contribution in [0.5, 0.6) is 0 Å². The Bertz CT molecular complexity index is 2770. The number of benzene rings is 4. The first-order valence-corrected chi connectivity index (χ1v) is 25.4. The first kappa shape index (κ1) is 49.5. The minimum absolute atomic E-state index is 0.00391. The second kappa shape index (κ2) is 18.6. The average Bonchev–Trinajstić information content (AvgIpc) is 3.63. The highest BCUT2D eigenvalue weighted by Crippen LogP contribution is 2.60. The van der Waals surface area contributed by atoms with E-state index >= 15 is 0 Å². The third-order valence-corrected chi connectivity index (χ3v) is 17.2. The van der Waals surface area contributed by atoms with Gasteiger partial charge in [0, 0.05) is 17.3 Å². The van der Waals surface area contributed by atoms with Crippen LogP contribution < -0.4 is 21.3 Å². The molecule has 5 aliphatic carbocycles. The Hall–Kier alpha value is -6.50. The van der Waals surface area contributed by atoms with Crippen molar-refractivity contribution < 1.29 is 43.3 Å². The first-order valence-electron chi connectivity index (χ1n) is 25.4. The van der Waals surface area contributed by atoms with Gasteiger partial charge in [-0.25, -0.2) is 9.59 Å².